The number of benzene rings is 2. The second-order valence-electron chi connectivity index (χ2n) is 6.36. The fourth-order valence-electron chi connectivity index (χ4n) is 2.79. The van der Waals surface area contributed by atoms with Crippen molar-refractivity contribution in [3.63, 3.8) is 0 Å². The fourth-order valence-corrected chi connectivity index (χ4v) is 4.46. The van der Waals surface area contributed by atoms with E-state index in [0.29, 0.717) is 5.52 Å². The van der Waals surface area contributed by atoms with Crippen LogP contribution in [0.15, 0.2) is 36.7 Å². The van der Waals surface area contributed by atoms with Crippen LogP contribution in [0.3, 0.4) is 0 Å². The van der Waals surface area contributed by atoms with Crippen molar-refractivity contribution in [1.29, 1.82) is 0 Å². The van der Waals surface area contributed by atoms with E-state index < -0.39 is 28.4 Å². The molecule has 1 aromatic heterocycles. The van der Waals surface area contributed by atoms with Crippen molar-refractivity contribution in [2.75, 3.05) is 22.5 Å². The molecule has 3 aromatic rings. The number of nitrogens with one attached hydrogen (secondary N) is 2. The second kappa shape index (κ2) is 9.11. The lowest BCUT2D eigenvalue weighted by atomic mass is 10.1. The van der Waals surface area contributed by atoms with Gasteiger partial charge in [-0.2, -0.15) is 0 Å². The molecule has 0 atom stereocenters. The summed E-state index contributed by atoms with van der Waals surface area (Å²) in [7, 11) is -3.81. The first-order valence-corrected chi connectivity index (χ1v) is 11.2. The normalized spacial score (nSPS) is 11.5. The van der Waals surface area contributed by atoms with Crippen LogP contribution in [-0.2, 0) is 10.0 Å². The van der Waals surface area contributed by atoms with E-state index in [1.54, 1.807) is 25.1 Å². The number of amides is 1. The van der Waals surface area contributed by atoms with Gasteiger partial charge >= 0.3 is 0 Å². The van der Waals surface area contributed by atoms with E-state index in [0.717, 1.165) is 11.1 Å². The van der Waals surface area contributed by atoms with Gasteiger partial charge in [0.1, 0.15) is 6.33 Å². The molecule has 0 fully saturated rings. The van der Waals surface area contributed by atoms with Crippen LogP contribution < -0.4 is 10.0 Å². The Morgan fingerprint density at radius 2 is 1.93 bits per heavy atom. The molecule has 0 unspecified atom stereocenters. The van der Waals surface area contributed by atoms with Crippen molar-refractivity contribution < 1.29 is 17.6 Å². The SMILES string of the molecule is Cc1ncnc2c(C(=O)Nc3c(Cl)ccc(NS(=O)(=O)CCCF)c3Cl)cccc12. The third-order valence-corrected chi connectivity index (χ3v) is 6.32. The van der Waals surface area contributed by atoms with E-state index in [1.165, 1.54) is 18.5 Å². The maximum absolute atomic E-state index is 12.9. The minimum Gasteiger partial charge on any atom is -0.319 e. The number of hydrogen-bond donors (Lipinski definition) is 2. The first-order valence-electron chi connectivity index (χ1n) is 8.79. The van der Waals surface area contributed by atoms with E-state index in [1.807, 2.05) is 0 Å². The molecule has 0 bridgehead atoms. The lowest BCUT2D eigenvalue weighted by Gasteiger charge is -2.15. The van der Waals surface area contributed by atoms with Crippen molar-refractivity contribution in [1.82, 2.24) is 9.97 Å². The van der Waals surface area contributed by atoms with E-state index in [9.17, 15) is 17.6 Å². The predicted octanol–water partition coefficient (Wildman–Crippen LogP) is 4.60. The number of anilines is 2. The van der Waals surface area contributed by atoms with Crippen LogP contribution in [0.25, 0.3) is 10.9 Å². The van der Waals surface area contributed by atoms with Crippen LogP contribution in [0.5, 0.6) is 0 Å². The average Bonchev–Trinajstić information content (AvgIpc) is 2.71. The summed E-state index contributed by atoms with van der Waals surface area (Å²) in [5.41, 5.74) is 1.51. The highest BCUT2D eigenvalue weighted by Gasteiger charge is 2.20. The number of nitrogens with zero attached hydrogens (tertiary/aromatic N) is 2. The summed E-state index contributed by atoms with van der Waals surface area (Å²) in [4.78, 5) is 21.2. The minimum atomic E-state index is -3.81. The lowest BCUT2D eigenvalue weighted by Crippen LogP contribution is -2.18. The summed E-state index contributed by atoms with van der Waals surface area (Å²) >= 11 is 12.5. The molecule has 0 saturated heterocycles. The summed E-state index contributed by atoms with van der Waals surface area (Å²) in [5, 5.41) is 3.36. The molecule has 0 spiro atoms. The van der Waals surface area contributed by atoms with Gasteiger partial charge < -0.3 is 5.32 Å². The minimum absolute atomic E-state index is 0.0197. The Labute approximate surface area is 182 Å². The van der Waals surface area contributed by atoms with Gasteiger partial charge in [0.05, 0.1) is 44.9 Å². The molecule has 30 heavy (non-hydrogen) atoms. The Bertz CT molecular complexity index is 1220. The van der Waals surface area contributed by atoms with Crippen LogP contribution in [0.2, 0.25) is 10.0 Å². The Kier molecular flexibility index (Phi) is 6.74. The highest BCUT2D eigenvalue weighted by atomic mass is 35.5. The van der Waals surface area contributed by atoms with Crippen molar-refractivity contribution in [2.24, 2.45) is 0 Å². The molecule has 7 nitrogen and oxygen atoms in total. The molecule has 1 amide bonds. The zero-order valence-electron chi connectivity index (χ0n) is 15.7. The van der Waals surface area contributed by atoms with E-state index in [-0.39, 0.29) is 33.4 Å². The van der Waals surface area contributed by atoms with Crippen LogP contribution in [0.4, 0.5) is 15.8 Å². The summed E-state index contributed by atoms with van der Waals surface area (Å²) in [6.07, 6.45) is 1.22. The number of carbonyl (C=O) groups excluding carboxylic acids is 1. The van der Waals surface area contributed by atoms with Crippen molar-refractivity contribution in [2.45, 2.75) is 13.3 Å². The molecule has 0 aliphatic heterocycles. The molecule has 0 radical (unpaired) electrons. The fraction of sp³-hybridized carbons (Fsp3) is 0.211. The topological polar surface area (TPSA) is 101 Å². The molecular formula is C19H17Cl2FN4O3S. The zero-order chi connectivity index (χ0) is 21.9. The number of aromatic nitrogens is 2. The van der Waals surface area contributed by atoms with Crippen LogP contribution in [0.1, 0.15) is 22.5 Å². The van der Waals surface area contributed by atoms with Crippen molar-refractivity contribution in [3.8, 4) is 0 Å². The maximum Gasteiger partial charge on any atom is 0.257 e. The third-order valence-electron chi connectivity index (χ3n) is 4.25. The van der Waals surface area contributed by atoms with Gasteiger partial charge in [-0.1, -0.05) is 35.3 Å². The number of rotatable bonds is 7. The monoisotopic (exact) mass is 470 g/mol. The zero-order valence-corrected chi connectivity index (χ0v) is 18.1. The van der Waals surface area contributed by atoms with Gasteiger partial charge in [-0.3, -0.25) is 13.9 Å². The number of hydrogen-bond acceptors (Lipinski definition) is 5. The molecule has 1 heterocycles. The maximum atomic E-state index is 12.9. The number of para-hydroxylation sites is 1. The molecule has 158 valence electrons. The number of halogens is 3. The van der Waals surface area contributed by atoms with Gasteiger partial charge in [0.25, 0.3) is 5.91 Å². The first kappa shape index (κ1) is 22.2. The van der Waals surface area contributed by atoms with Gasteiger partial charge in [0, 0.05) is 11.1 Å². The number of aryl methyl sites for hydroxylation is 1. The van der Waals surface area contributed by atoms with Gasteiger partial charge in [0.2, 0.25) is 10.0 Å². The number of sulfonamides is 1. The van der Waals surface area contributed by atoms with Gasteiger partial charge in [-0.25, -0.2) is 18.4 Å². The van der Waals surface area contributed by atoms with Crippen LogP contribution in [-0.4, -0.2) is 36.7 Å². The lowest BCUT2D eigenvalue weighted by molar-refractivity contribution is 0.102. The summed E-state index contributed by atoms with van der Waals surface area (Å²) < 4.78 is 38.7. The van der Waals surface area contributed by atoms with Crippen molar-refractivity contribution in [3.05, 3.63) is 58.0 Å². The van der Waals surface area contributed by atoms with Crippen LogP contribution in [0, 0.1) is 6.92 Å². The molecule has 0 saturated carbocycles. The van der Waals surface area contributed by atoms with Gasteiger partial charge in [-0.15, -0.1) is 0 Å². The molecule has 0 aliphatic rings. The number of fused-ring (bicyclic) bond motifs is 1. The highest BCUT2D eigenvalue weighted by molar-refractivity contribution is 7.92. The van der Waals surface area contributed by atoms with Gasteiger partial charge in [-0.05, 0) is 31.5 Å². The van der Waals surface area contributed by atoms with Gasteiger partial charge in [0.15, 0.2) is 0 Å². The third kappa shape index (κ3) is 4.80. The molecule has 11 heteroatoms. The number of alkyl halides is 1. The molecule has 2 aromatic carbocycles. The van der Waals surface area contributed by atoms with E-state index >= 15 is 0 Å². The Balaban J connectivity index is 1.94. The molecular weight excluding hydrogens is 454 g/mol. The molecule has 0 aliphatic carbocycles. The Hall–Kier alpha value is -2.49. The highest BCUT2D eigenvalue weighted by Crippen LogP contribution is 2.37. The smallest absolute Gasteiger partial charge is 0.257 e. The summed E-state index contributed by atoms with van der Waals surface area (Å²) in [6.45, 7) is 1.04. The van der Waals surface area contributed by atoms with E-state index in [2.05, 4.69) is 20.0 Å². The Morgan fingerprint density at radius 3 is 2.67 bits per heavy atom. The summed E-state index contributed by atoms with van der Waals surface area (Å²) in [6, 6.07) is 7.85. The predicted molar refractivity (Wildman–Crippen MR) is 117 cm³/mol. The summed E-state index contributed by atoms with van der Waals surface area (Å²) in [5.74, 6) is -0.931. The quantitative estimate of drug-likeness (QED) is 0.525. The average molecular weight is 471 g/mol. The first-order chi connectivity index (χ1) is 14.2. The molecule has 2 N–H and O–H groups in total. The Morgan fingerprint density at radius 1 is 1.17 bits per heavy atom. The van der Waals surface area contributed by atoms with E-state index in [4.69, 9.17) is 23.2 Å². The second-order valence-corrected chi connectivity index (χ2v) is 8.99. The van der Waals surface area contributed by atoms with Crippen molar-refractivity contribution >= 4 is 61.4 Å². The largest absolute Gasteiger partial charge is 0.319 e. The number of carbonyl (C=O) groups is 1. The van der Waals surface area contributed by atoms with Crippen LogP contribution >= 0.6 is 23.2 Å². The molecule has 3 rings (SSSR count). The standard InChI is InChI=1S/C19H17Cl2FN4O3S/c1-11-12-4-2-5-13(17(12)24-10-23-11)19(27)25-18-14(20)6-7-15(16(18)21)26-30(28,29)9-3-8-22/h2,4-7,10,26H,3,8-9H2,1H3,(H,25,27).